The monoisotopic (exact) mass is 268 g/mol. The van der Waals surface area contributed by atoms with Crippen LogP contribution in [0.15, 0.2) is 36.4 Å². The lowest BCUT2D eigenvalue weighted by Gasteiger charge is -2.09. The molecule has 0 N–H and O–H groups in total. The Bertz CT molecular complexity index is 584. The third kappa shape index (κ3) is 2.79. The smallest absolute Gasteiger partial charge is 0.163 e. The van der Waals surface area contributed by atoms with Gasteiger partial charge in [-0.25, -0.2) is 0 Å². The van der Waals surface area contributed by atoms with Crippen molar-refractivity contribution >= 4 is 22.3 Å². The summed E-state index contributed by atoms with van der Waals surface area (Å²) in [6.45, 7) is 4.00. The van der Waals surface area contributed by atoms with Crippen molar-refractivity contribution in [1.29, 1.82) is 0 Å². The zero-order chi connectivity index (χ0) is 14.5. The number of hydrogen-bond acceptors (Lipinski definition) is 2. The number of fused-ring (bicyclic) bond motifs is 1. The number of carbonyl (C=O) groups excluding carboxylic acids is 2. The summed E-state index contributed by atoms with van der Waals surface area (Å²) in [5, 5.41) is 1.79. The topological polar surface area (TPSA) is 34.1 Å². The second-order valence-electron chi connectivity index (χ2n) is 5.05. The number of carbonyl (C=O) groups is 2. The van der Waals surface area contributed by atoms with Crippen LogP contribution in [0, 0.1) is 0 Å². The van der Waals surface area contributed by atoms with Crippen molar-refractivity contribution in [2.45, 2.75) is 39.5 Å². The maximum Gasteiger partial charge on any atom is 0.163 e. The molecule has 2 aromatic carbocycles. The van der Waals surface area contributed by atoms with Gasteiger partial charge in [-0.15, -0.1) is 0 Å². The number of ketones is 2. The van der Waals surface area contributed by atoms with E-state index in [2.05, 4.69) is 0 Å². The fourth-order valence-electron chi connectivity index (χ4n) is 2.52. The van der Waals surface area contributed by atoms with Crippen LogP contribution in [0.4, 0.5) is 0 Å². The molecule has 2 aromatic rings. The van der Waals surface area contributed by atoms with E-state index in [1.165, 1.54) is 0 Å². The molecule has 0 unspecified atom stereocenters. The van der Waals surface area contributed by atoms with Crippen LogP contribution in [0.3, 0.4) is 0 Å². The summed E-state index contributed by atoms with van der Waals surface area (Å²) >= 11 is 0. The molecule has 0 amide bonds. The van der Waals surface area contributed by atoms with Crippen LogP contribution in [-0.2, 0) is 0 Å². The van der Waals surface area contributed by atoms with Crippen LogP contribution < -0.4 is 0 Å². The maximum absolute atomic E-state index is 12.2. The van der Waals surface area contributed by atoms with Gasteiger partial charge in [0.1, 0.15) is 0 Å². The standard InChI is InChI=1S/C18H20O2/c1-3-7-17(19)15-11-5-10-14-13(15)9-6-12-16(14)18(20)8-4-2/h5-6,9-12H,3-4,7-8H2,1-2H3. The summed E-state index contributed by atoms with van der Waals surface area (Å²) in [5.74, 6) is 0.302. The Kier molecular flexibility index (Phi) is 4.67. The highest BCUT2D eigenvalue weighted by Gasteiger charge is 2.13. The molecule has 0 bridgehead atoms. The van der Waals surface area contributed by atoms with Crippen molar-refractivity contribution in [3.63, 3.8) is 0 Å². The zero-order valence-electron chi connectivity index (χ0n) is 12.1. The summed E-state index contributed by atoms with van der Waals surface area (Å²) in [7, 11) is 0. The molecule has 0 aliphatic heterocycles. The summed E-state index contributed by atoms with van der Waals surface area (Å²) in [6.07, 6.45) is 2.77. The molecule has 0 aliphatic rings. The second kappa shape index (κ2) is 6.47. The van der Waals surface area contributed by atoms with Crippen LogP contribution in [0.25, 0.3) is 10.8 Å². The van der Waals surface area contributed by atoms with Gasteiger partial charge in [0, 0.05) is 24.0 Å². The Hall–Kier alpha value is -1.96. The lowest BCUT2D eigenvalue weighted by atomic mass is 9.94. The van der Waals surface area contributed by atoms with Gasteiger partial charge in [0.2, 0.25) is 0 Å². The van der Waals surface area contributed by atoms with Gasteiger partial charge in [0.05, 0.1) is 0 Å². The van der Waals surface area contributed by atoms with Crippen LogP contribution in [-0.4, -0.2) is 11.6 Å². The first-order chi connectivity index (χ1) is 9.69. The molecule has 2 rings (SSSR count). The van der Waals surface area contributed by atoms with Crippen molar-refractivity contribution < 1.29 is 9.59 Å². The van der Waals surface area contributed by atoms with Gasteiger partial charge in [0.25, 0.3) is 0 Å². The molecule has 0 saturated heterocycles. The third-order valence-corrected chi connectivity index (χ3v) is 3.48. The Labute approximate surface area is 119 Å². The molecule has 2 nitrogen and oxygen atoms in total. The van der Waals surface area contributed by atoms with Crippen LogP contribution >= 0.6 is 0 Å². The van der Waals surface area contributed by atoms with E-state index in [4.69, 9.17) is 0 Å². The molecule has 0 fully saturated rings. The third-order valence-electron chi connectivity index (χ3n) is 3.48. The number of hydrogen-bond donors (Lipinski definition) is 0. The quantitative estimate of drug-likeness (QED) is 0.705. The molecule has 0 aliphatic carbocycles. The van der Waals surface area contributed by atoms with Gasteiger partial charge in [-0.3, -0.25) is 9.59 Å². The predicted molar refractivity (Wildman–Crippen MR) is 82.4 cm³/mol. The minimum Gasteiger partial charge on any atom is -0.294 e. The van der Waals surface area contributed by atoms with E-state index in [-0.39, 0.29) is 11.6 Å². The molecular formula is C18H20O2. The Morgan fingerprint density at radius 2 is 1.15 bits per heavy atom. The van der Waals surface area contributed by atoms with Gasteiger partial charge < -0.3 is 0 Å². The fourth-order valence-corrected chi connectivity index (χ4v) is 2.52. The van der Waals surface area contributed by atoms with Crippen LogP contribution in [0.5, 0.6) is 0 Å². The lowest BCUT2D eigenvalue weighted by Crippen LogP contribution is -2.03. The Balaban J connectivity index is 2.57. The van der Waals surface area contributed by atoms with Gasteiger partial charge in [-0.05, 0) is 23.6 Å². The van der Waals surface area contributed by atoms with Crippen molar-refractivity contribution in [2.75, 3.05) is 0 Å². The molecule has 0 spiro atoms. The molecule has 0 atom stereocenters. The average Bonchev–Trinajstić information content (AvgIpc) is 2.46. The minimum absolute atomic E-state index is 0.151. The first-order valence-electron chi connectivity index (χ1n) is 7.27. The Morgan fingerprint density at radius 3 is 1.50 bits per heavy atom. The highest BCUT2D eigenvalue weighted by molar-refractivity contribution is 6.14. The maximum atomic E-state index is 12.2. The largest absolute Gasteiger partial charge is 0.294 e. The highest BCUT2D eigenvalue weighted by Crippen LogP contribution is 2.25. The van der Waals surface area contributed by atoms with Crippen molar-refractivity contribution in [3.8, 4) is 0 Å². The first kappa shape index (κ1) is 14.4. The predicted octanol–water partition coefficient (Wildman–Crippen LogP) is 4.81. The molecule has 104 valence electrons. The normalized spacial score (nSPS) is 10.7. The second-order valence-corrected chi connectivity index (χ2v) is 5.05. The number of Topliss-reactive ketones (excluding diaryl/α,β-unsaturated/α-hetero) is 2. The van der Waals surface area contributed by atoms with Crippen molar-refractivity contribution in [1.82, 2.24) is 0 Å². The van der Waals surface area contributed by atoms with Gasteiger partial charge in [0.15, 0.2) is 11.6 Å². The Morgan fingerprint density at radius 1 is 0.750 bits per heavy atom. The van der Waals surface area contributed by atoms with E-state index in [0.717, 1.165) is 34.7 Å². The van der Waals surface area contributed by atoms with Gasteiger partial charge in [-0.2, -0.15) is 0 Å². The van der Waals surface area contributed by atoms with E-state index in [9.17, 15) is 9.59 Å². The summed E-state index contributed by atoms with van der Waals surface area (Å²) in [6, 6.07) is 11.3. The molecule has 0 heterocycles. The first-order valence-corrected chi connectivity index (χ1v) is 7.27. The molecule has 2 heteroatoms. The van der Waals surface area contributed by atoms with Gasteiger partial charge in [-0.1, -0.05) is 50.2 Å². The van der Waals surface area contributed by atoms with E-state index in [1.54, 1.807) is 0 Å². The van der Waals surface area contributed by atoms with E-state index >= 15 is 0 Å². The van der Waals surface area contributed by atoms with E-state index < -0.39 is 0 Å². The SMILES string of the molecule is CCCC(=O)c1cccc2c(C(=O)CCC)cccc12. The van der Waals surface area contributed by atoms with Gasteiger partial charge >= 0.3 is 0 Å². The molecular weight excluding hydrogens is 248 g/mol. The minimum atomic E-state index is 0.151. The van der Waals surface area contributed by atoms with Crippen molar-refractivity contribution in [2.24, 2.45) is 0 Å². The number of benzene rings is 2. The fraction of sp³-hybridized carbons (Fsp3) is 0.333. The highest BCUT2D eigenvalue weighted by atomic mass is 16.1. The molecule has 20 heavy (non-hydrogen) atoms. The summed E-state index contributed by atoms with van der Waals surface area (Å²) in [4.78, 5) is 24.4. The van der Waals surface area contributed by atoms with Crippen LogP contribution in [0.2, 0.25) is 0 Å². The van der Waals surface area contributed by atoms with Crippen LogP contribution in [0.1, 0.15) is 60.2 Å². The lowest BCUT2D eigenvalue weighted by molar-refractivity contribution is 0.0974. The molecule has 0 radical (unpaired) electrons. The molecule has 0 saturated carbocycles. The summed E-state index contributed by atoms with van der Waals surface area (Å²) in [5.41, 5.74) is 1.46. The van der Waals surface area contributed by atoms with E-state index in [0.29, 0.717) is 12.8 Å². The average molecular weight is 268 g/mol. The molecule has 0 aromatic heterocycles. The zero-order valence-corrected chi connectivity index (χ0v) is 12.1. The number of rotatable bonds is 6. The summed E-state index contributed by atoms with van der Waals surface area (Å²) < 4.78 is 0. The van der Waals surface area contributed by atoms with E-state index in [1.807, 2.05) is 50.2 Å². The van der Waals surface area contributed by atoms with Crippen molar-refractivity contribution in [3.05, 3.63) is 47.5 Å².